The van der Waals surface area contributed by atoms with E-state index in [1.807, 2.05) is 11.4 Å². The lowest BCUT2D eigenvalue weighted by Crippen LogP contribution is -2.11. The molecule has 1 N–H and O–H groups in total. The van der Waals surface area contributed by atoms with E-state index in [1.165, 1.54) is 29.4 Å². The van der Waals surface area contributed by atoms with E-state index < -0.39 is 0 Å². The maximum absolute atomic E-state index is 12.3. The molecule has 126 valence electrons. The molecule has 0 fully saturated rings. The molecule has 0 radical (unpaired) electrons. The summed E-state index contributed by atoms with van der Waals surface area (Å²) in [4.78, 5) is 28.1. The van der Waals surface area contributed by atoms with Crippen LogP contribution in [0, 0.1) is 13.8 Å². The van der Waals surface area contributed by atoms with Crippen LogP contribution in [0.25, 0.3) is 11.3 Å². The molecule has 0 saturated carbocycles. The number of Topliss-reactive ketones (excluding diaryl/α,β-unsaturated/α-hetero) is 1. The summed E-state index contributed by atoms with van der Waals surface area (Å²) in [5.74, 6) is -0.263. The number of carbonyl (C=O) groups excluding carboxylic acids is 2. The molecular formula is C20H18N2O2S. The van der Waals surface area contributed by atoms with Gasteiger partial charge in [0, 0.05) is 22.1 Å². The van der Waals surface area contributed by atoms with E-state index in [0.29, 0.717) is 16.3 Å². The highest BCUT2D eigenvalue weighted by molar-refractivity contribution is 7.14. The van der Waals surface area contributed by atoms with Gasteiger partial charge in [0.05, 0.1) is 5.69 Å². The first-order valence-electron chi connectivity index (χ1n) is 7.89. The number of hydrogen-bond acceptors (Lipinski definition) is 4. The van der Waals surface area contributed by atoms with Gasteiger partial charge < -0.3 is 0 Å². The van der Waals surface area contributed by atoms with E-state index in [-0.39, 0.29) is 11.7 Å². The number of carbonyl (C=O) groups is 2. The third-order valence-corrected chi connectivity index (χ3v) is 4.84. The zero-order valence-electron chi connectivity index (χ0n) is 14.3. The standard InChI is InChI=1S/C20H18N2O2S/c1-12-4-5-17(10-13(12)2)18-11-25-20(21-18)22-19(24)16-8-6-15(7-9-16)14(3)23/h4-11H,1-3H3,(H,21,22,24). The Hall–Kier alpha value is -2.79. The predicted octanol–water partition coefficient (Wildman–Crippen LogP) is 4.88. The fourth-order valence-corrected chi connectivity index (χ4v) is 3.10. The van der Waals surface area contributed by atoms with Crippen molar-refractivity contribution >= 4 is 28.2 Å². The highest BCUT2D eigenvalue weighted by Crippen LogP contribution is 2.26. The number of aryl methyl sites for hydroxylation is 2. The Morgan fingerprint density at radius 2 is 1.64 bits per heavy atom. The number of ketones is 1. The molecule has 0 bridgehead atoms. The zero-order valence-corrected chi connectivity index (χ0v) is 15.1. The minimum absolute atomic E-state index is 0.0232. The van der Waals surface area contributed by atoms with E-state index in [9.17, 15) is 9.59 Å². The van der Waals surface area contributed by atoms with Crippen LogP contribution in [-0.4, -0.2) is 16.7 Å². The molecular weight excluding hydrogens is 332 g/mol. The third kappa shape index (κ3) is 3.83. The number of rotatable bonds is 4. The monoisotopic (exact) mass is 350 g/mol. The van der Waals surface area contributed by atoms with Crippen molar-refractivity contribution in [1.82, 2.24) is 4.98 Å². The van der Waals surface area contributed by atoms with Crippen LogP contribution in [0.3, 0.4) is 0 Å². The summed E-state index contributed by atoms with van der Waals surface area (Å²) in [5.41, 5.74) is 5.40. The molecule has 0 aliphatic rings. The van der Waals surface area contributed by atoms with Crippen LogP contribution in [0.2, 0.25) is 0 Å². The predicted molar refractivity (Wildman–Crippen MR) is 101 cm³/mol. The smallest absolute Gasteiger partial charge is 0.257 e. The average molecular weight is 350 g/mol. The number of nitrogens with one attached hydrogen (secondary N) is 1. The van der Waals surface area contributed by atoms with Crippen molar-refractivity contribution in [3.8, 4) is 11.3 Å². The van der Waals surface area contributed by atoms with Gasteiger partial charge in [-0.1, -0.05) is 24.3 Å². The van der Waals surface area contributed by atoms with Gasteiger partial charge in [-0.25, -0.2) is 4.98 Å². The fourth-order valence-electron chi connectivity index (χ4n) is 2.39. The van der Waals surface area contributed by atoms with Crippen LogP contribution in [-0.2, 0) is 0 Å². The van der Waals surface area contributed by atoms with E-state index in [2.05, 4.69) is 36.3 Å². The molecule has 0 saturated heterocycles. The molecule has 1 amide bonds. The van der Waals surface area contributed by atoms with Gasteiger partial charge in [0.25, 0.3) is 5.91 Å². The van der Waals surface area contributed by atoms with Crippen LogP contribution in [0.5, 0.6) is 0 Å². The van der Waals surface area contributed by atoms with Crippen molar-refractivity contribution in [2.45, 2.75) is 20.8 Å². The van der Waals surface area contributed by atoms with Gasteiger partial charge in [-0.3, -0.25) is 14.9 Å². The van der Waals surface area contributed by atoms with Crippen molar-refractivity contribution in [1.29, 1.82) is 0 Å². The van der Waals surface area contributed by atoms with Crippen LogP contribution in [0.1, 0.15) is 38.8 Å². The molecule has 1 heterocycles. The normalized spacial score (nSPS) is 10.5. The lowest BCUT2D eigenvalue weighted by molar-refractivity contribution is 0.100. The number of benzene rings is 2. The van der Waals surface area contributed by atoms with Gasteiger partial charge in [-0.05, 0) is 50.1 Å². The minimum Gasteiger partial charge on any atom is -0.298 e. The summed E-state index contributed by atoms with van der Waals surface area (Å²) in [7, 11) is 0. The van der Waals surface area contributed by atoms with Gasteiger partial charge >= 0.3 is 0 Å². The molecule has 3 rings (SSSR count). The largest absolute Gasteiger partial charge is 0.298 e. The van der Waals surface area contributed by atoms with Crippen molar-refractivity contribution < 1.29 is 9.59 Å². The number of hydrogen-bond donors (Lipinski definition) is 1. The van der Waals surface area contributed by atoms with Gasteiger partial charge in [0.15, 0.2) is 10.9 Å². The van der Waals surface area contributed by atoms with Gasteiger partial charge in [0.1, 0.15) is 0 Å². The summed E-state index contributed by atoms with van der Waals surface area (Å²) in [5, 5.41) is 5.29. The highest BCUT2D eigenvalue weighted by atomic mass is 32.1. The Morgan fingerprint density at radius 3 is 2.28 bits per heavy atom. The molecule has 1 aromatic heterocycles. The molecule has 0 atom stereocenters. The van der Waals surface area contributed by atoms with E-state index >= 15 is 0 Å². The summed E-state index contributed by atoms with van der Waals surface area (Å²) >= 11 is 1.39. The van der Waals surface area contributed by atoms with Crippen molar-refractivity contribution in [3.05, 3.63) is 70.1 Å². The Labute approximate surface area is 150 Å². The van der Waals surface area contributed by atoms with Crippen molar-refractivity contribution in [3.63, 3.8) is 0 Å². The van der Waals surface area contributed by atoms with Crippen LogP contribution in [0.4, 0.5) is 5.13 Å². The molecule has 2 aromatic carbocycles. The molecule has 0 aliphatic heterocycles. The lowest BCUT2D eigenvalue weighted by atomic mass is 10.1. The van der Waals surface area contributed by atoms with Gasteiger partial charge in [-0.2, -0.15) is 0 Å². The minimum atomic E-state index is -0.240. The first-order chi connectivity index (χ1) is 11.9. The second-order valence-corrected chi connectivity index (χ2v) is 6.78. The molecule has 0 aliphatic carbocycles. The Morgan fingerprint density at radius 1 is 0.960 bits per heavy atom. The molecule has 3 aromatic rings. The summed E-state index contributed by atoms with van der Waals surface area (Å²) < 4.78 is 0. The molecule has 0 spiro atoms. The van der Waals surface area contributed by atoms with E-state index in [0.717, 1.165) is 11.3 Å². The maximum Gasteiger partial charge on any atom is 0.257 e. The Balaban J connectivity index is 1.75. The molecule has 0 unspecified atom stereocenters. The van der Waals surface area contributed by atoms with E-state index in [4.69, 9.17) is 0 Å². The SMILES string of the molecule is CC(=O)c1ccc(C(=O)Nc2nc(-c3ccc(C)c(C)c3)cs2)cc1. The summed E-state index contributed by atoms with van der Waals surface area (Å²) in [6.45, 7) is 5.64. The maximum atomic E-state index is 12.3. The number of amides is 1. The van der Waals surface area contributed by atoms with E-state index in [1.54, 1.807) is 24.3 Å². The Bertz CT molecular complexity index is 943. The highest BCUT2D eigenvalue weighted by Gasteiger charge is 2.11. The molecule has 25 heavy (non-hydrogen) atoms. The zero-order chi connectivity index (χ0) is 18.0. The molecule has 4 nitrogen and oxygen atoms in total. The van der Waals surface area contributed by atoms with Crippen LogP contribution in [0.15, 0.2) is 47.8 Å². The topological polar surface area (TPSA) is 59.1 Å². The number of nitrogens with zero attached hydrogens (tertiary/aromatic N) is 1. The van der Waals surface area contributed by atoms with Gasteiger partial charge in [-0.15, -0.1) is 11.3 Å². The Kier molecular flexibility index (Phi) is 4.76. The van der Waals surface area contributed by atoms with Crippen molar-refractivity contribution in [2.75, 3.05) is 5.32 Å². The average Bonchev–Trinajstić information content (AvgIpc) is 3.06. The fraction of sp³-hybridized carbons (Fsp3) is 0.150. The molecule has 5 heteroatoms. The number of thiazole rings is 1. The number of anilines is 1. The quantitative estimate of drug-likeness (QED) is 0.682. The number of aromatic nitrogens is 1. The first kappa shape index (κ1) is 17.0. The summed E-state index contributed by atoms with van der Waals surface area (Å²) in [6.07, 6.45) is 0. The first-order valence-corrected chi connectivity index (χ1v) is 8.77. The third-order valence-electron chi connectivity index (χ3n) is 4.08. The van der Waals surface area contributed by atoms with Crippen molar-refractivity contribution in [2.24, 2.45) is 0 Å². The van der Waals surface area contributed by atoms with Crippen LogP contribution >= 0.6 is 11.3 Å². The van der Waals surface area contributed by atoms with Crippen LogP contribution < -0.4 is 5.32 Å². The second kappa shape index (κ2) is 6.99. The second-order valence-electron chi connectivity index (χ2n) is 5.92. The van der Waals surface area contributed by atoms with Gasteiger partial charge in [0.2, 0.25) is 0 Å². The lowest BCUT2D eigenvalue weighted by Gasteiger charge is -2.03. The summed E-state index contributed by atoms with van der Waals surface area (Å²) in [6, 6.07) is 12.8.